The summed E-state index contributed by atoms with van der Waals surface area (Å²) in [6.45, 7) is 1.04. The lowest BCUT2D eigenvalue weighted by molar-refractivity contribution is 0.0951. The Labute approximate surface area is 151 Å². The van der Waals surface area contributed by atoms with Crippen LogP contribution in [-0.4, -0.2) is 22.8 Å². The summed E-state index contributed by atoms with van der Waals surface area (Å²) >= 11 is 5.85. The van der Waals surface area contributed by atoms with Crippen LogP contribution in [0.2, 0.25) is 5.02 Å². The van der Waals surface area contributed by atoms with Crippen LogP contribution in [-0.2, 0) is 13.1 Å². The van der Waals surface area contributed by atoms with E-state index in [4.69, 9.17) is 16.3 Å². The van der Waals surface area contributed by atoms with Crippen molar-refractivity contribution in [1.29, 1.82) is 0 Å². The maximum Gasteiger partial charge on any atom is 0.254 e. The van der Waals surface area contributed by atoms with Gasteiger partial charge in [-0.2, -0.15) is 5.10 Å². The predicted octanol–water partition coefficient (Wildman–Crippen LogP) is 3.52. The Morgan fingerprint density at radius 2 is 1.80 bits per heavy atom. The second-order valence-corrected chi connectivity index (χ2v) is 6.02. The molecule has 1 heterocycles. The number of hydrogen-bond donors (Lipinski definition) is 1. The van der Waals surface area contributed by atoms with Crippen molar-refractivity contribution in [2.24, 2.45) is 0 Å². The topological polar surface area (TPSA) is 56.1 Å². The van der Waals surface area contributed by atoms with Gasteiger partial charge in [-0.05, 0) is 35.4 Å². The van der Waals surface area contributed by atoms with Gasteiger partial charge in [-0.1, -0.05) is 35.9 Å². The molecule has 0 spiro atoms. The Bertz CT molecular complexity index is 842. The Balaban J connectivity index is 1.58. The molecule has 6 heteroatoms. The molecule has 0 aliphatic heterocycles. The van der Waals surface area contributed by atoms with E-state index >= 15 is 0 Å². The molecule has 128 valence electrons. The van der Waals surface area contributed by atoms with E-state index in [0.717, 1.165) is 16.9 Å². The van der Waals surface area contributed by atoms with Gasteiger partial charge in [-0.15, -0.1) is 0 Å². The number of benzene rings is 2. The molecule has 0 saturated carbocycles. The van der Waals surface area contributed by atoms with Crippen molar-refractivity contribution in [3.8, 4) is 5.75 Å². The lowest BCUT2D eigenvalue weighted by atomic mass is 10.2. The number of aromatic nitrogens is 2. The largest absolute Gasteiger partial charge is 0.497 e. The molecular formula is C19H18ClN3O2. The van der Waals surface area contributed by atoms with Crippen LogP contribution in [0.25, 0.3) is 0 Å². The quantitative estimate of drug-likeness (QED) is 0.736. The summed E-state index contributed by atoms with van der Waals surface area (Å²) in [5.41, 5.74) is 2.60. The maximum absolute atomic E-state index is 12.2. The maximum atomic E-state index is 12.2. The third kappa shape index (κ3) is 4.61. The van der Waals surface area contributed by atoms with Crippen LogP contribution >= 0.6 is 11.6 Å². The zero-order valence-electron chi connectivity index (χ0n) is 13.8. The third-order valence-corrected chi connectivity index (χ3v) is 4.02. The number of halogens is 1. The van der Waals surface area contributed by atoms with Gasteiger partial charge in [0.25, 0.3) is 5.91 Å². The molecule has 0 aliphatic carbocycles. The van der Waals surface area contributed by atoms with E-state index in [-0.39, 0.29) is 5.91 Å². The monoisotopic (exact) mass is 355 g/mol. The Morgan fingerprint density at radius 1 is 1.12 bits per heavy atom. The molecule has 3 aromatic rings. The fourth-order valence-electron chi connectivity index (χ4n) is 2.37. The highest BCUT2D eigenvalue weighted by molar-refractivity contribution is 6.30. The van der Waals surface area contributed by atoms with E-state index in [2.05, 4.69) is 10.4 Å². The van der Waals surface area contributed by atoms with Crippen LogP contribution in [0.4, 0.5) is 0 Å². The molecular weight excluding hydrogens is 338 g/mol. The minimum absolute atomic E-state index is 0.157. The lowest BCUT2D eigenvalue weighted by Gasteiger charge is -2.04. The zero-order chi connectivity index (χ0) is 17.6. The minimum Gasteiger partial charge on any atom is -0.497 e. The number of carbonyl (C=O) groups excluding carboxylic acids is 1. The number of carbonyl (C=O) groups is 1. The van der Waals surface area contributed by atoms with Crippen LogP contribution < -0.4 is 10.1 Å². The summed E-state index contributed by atoms with van der Waals surface area (Å²) in [6.07, 6.45) is 3.31. The van der Waals surface area contributed by atoms with E-state index in [0.29, 0.717) is 23.7 Å². The van der Waals surface area contributed by atoms with E-state index in [1.165, 1.54) is 0 Å². The first-order chi connectivity index (χ1) is 12.1. The lowest BCUT2D eigenvalue weighted by Crippen LogP contribution is -2.22. The molecule has 0 fully saturated rings. The van der Waals surface area contributed by atoms with Crippen LogP contribution in [0.15, 0.2) is 60.9 Å². The van der Waals surface area contributed by atoms with Gasteiger partial charge in [0, 0.05) is 17.8 Å². The molecule has 5 nitrogen and oxygen atoms in total. The van der Waals surface area contributed by atoms with Crippen LogP contribution in [0.3, 0.4) is 0 Å². The fraction of sp³-hybridized carbons (Fsp3) is 0.158. The standard InChI is InChI=1S/C19H18ClN3O2/c1-25-18-8-4-15(5-9-18)12-23-13-16(11-22-23)19(24)21-10-14-2-6-17(20)7-3-14/h2-9,11,13H,10,12H2,1H3,(H,21,24). The first-order valence-corrected chi connectivity index (χ1v) is 8.20. The molecule has 0 radical (unpaired) electrons. The molecule has 1 amide bonds. The molecule has 1 aromatic heterocycles. The summed E-state index contributed by atoms with van der Waals surface area (Å²) in [4.78, 5) is 12.2. The summed E-state index contributed by atoms with van der Waals surface area (Å²) in [7, 11) is 1.64. The van der Waals surface area contributed by atoms with E-state index in [1.807, 2.05) is 36.4 Å². The second kappa shape index (κ2) is 7.85. The molecule has 2 aromatic carbocycles. The number of rotatable bonds is 6. The van der Waals surface area contributed by atoms with Crippen molar-refractivity contribution < 1.29 is 9.53 Å². The number of nitrogens with one attached hydrogen (secondary N) is 1. The fourth-order valence-corrected chi connectivity index (χ4v) is 2.50. The average Bonchev–Trinajstić information content (AvgIpc) is 3.10. The van der Waals surface area contributed by atoms with Crippen molar-refractivity contribution in [1.82, 2.24) is 15.1 Å². The van der Waals surface area contributed by atoms with E-state index in [1.54, 1.807) is 36.3 Å². The average molecular weight is 356 g/mol. The summed E-state index contributed by atoms with van der Waals surface area (Å²) in [6, 6.07) is 15.1. The van der Waals surface area contributed by atoms with Gasteiger partial charge in [0.1, 0.15) is 5.75 Å². The number of amides is 1. The number of hydrogen-bond acceptors (Lipinski definition) is 3. The van der Waals surface area contributed by atoms with Gasteiger partial charge in [-0.25, -0.2) is 0 Å². The Morgan fingerprint density at radius 3 is 2.48 bits per heavy atom. The summed E-state index contributed by atoms with van der Waals surface area (Å²) in [5, 5.41) is 7.80. The molecule has 1 N–H and O–H groups in total. The van der Waals surface area contributed by atoms with Gasteiger partial charge in [0.05, 0.1) is 25.4 Å². The van der Waals surface area contributed by atoms with E-state index in [9.17, 15) is 4.79 Å². The van der Waals surface area contributed by atoms with Gasteiger partial charge in [0.15, 0.2) is 0 Å². The van der Waals surface area contributed by atoms with Gasteiger partial charge in [-0.3, -0.25) is 9.48 Å². The van der Waals surface area contributed by atoms with Gasteiger partial charge in [0.2, 0.25) is 0 Å². The van der Waals surface area contributed by atoms with E-state index < -0.39 is 0 Å². The number of nitrogens with zero attached hydrogens (tertiary/aromatic N) is 2. The second-order valence-electron chi connectivity index (χ2n) is 5.58. The minimum atomic E-state index is -0.157. The first-order valence-electron chi connectivity index (χ1n) is 7.82. The highest BCUT2D eigenvalue weighted by Gasteiger charge is 2.09. The zero-order valence-corrected chi connectivity index (χ0v) is 14.5. The Hall–Kier alpha value is -2.79. The normalized spacial score (nSPS) is 10.5. The van der Waals surface area contributed by atoms with Gasteiger partial charge >= 0.3 is 0 Å². The van der Waals surface area contributed by atoms with Crippen LogP contribution in [0, 0.1) is 0 Å². The molecule has 3 rings (SSSR count). The van der Waals surface area contributed by atoms with Crippen molar-refractivity contribution in [2.75, 3.05) is 7.11 Å². The van der Waals surface area contributed by atoms with Crippen LogP contribution in [0.5, 0.6) is 5.75 Å². The number of ether oxygens (including phenoxy) is 1. The van der Waals surface area contributed by atoms with Crippen molar-refractivity contribution in [3.63, 3.8) is 0 Å². The third-order valence-electron chi connectivity index (χ3n) is 3.77. The molecule has 25 heavy (non-hydrogen) atoms. The smallest absolute Gasteiger partial charge is 0.254 e. The molecule has 0 aliphatic rings. The van der Waals surface area contributed by atoms with Crippen molar-refractivity contribution >= 4 is 17.5 Å². The molecule has 0 unspecified atom stereocenters. The molecule has 0 bridgehead atoms. The predicted molar refractivity (Wildman–Crippen MR) is 96.9 cm³/mol. The molecule has 0 atom stereocenters. The first kappa shape index (κ1) is 17.0. The van der Waals surface area contributed by atoms with Crippen molar-refractivity contribution in [3.05, 3.63) is 82.6 Å². The SMILES string of the molecule is COc1ccc(Cn2cc(C(=O)NCc3ccc(Cl)cc3)cn2)cc1. The summed E-state index contributed by atoms with van der Waals surface area (Å²) < 4.78 is 6.88. The van der Waals surface area contributed by atoms with Crippen molar-refractivity contribution in [2.45, 2.75) is 13.1 Å². The summed E-state index contributed by atoms with van der Waals surface area (Å²) in [5.74, 6) is 0.655. The van der Waals surface area contributed by atoms with Crippen LogP contribution in [0.1, 0.15) is 21.5 Å². The highest BCUT2D eigenvalue weighted by atomic mass is 35.5. The Kier molecular flexibility index (Phi) is 5.36. The number of methoxy groups -OCH3 is 1. The van der Waals surface area contributed by atoms with Gasteiger partial charge < -0.3 is 10.1 Å². The molecule has 0 saturated heterocycles. The highest BCUT2D eigenvalue weighted by Crippen LogP contribution is 2.13.